The molecule has 0 unspecified atom stereocenters. The van der Waals surface area contributed by atoms with Crippen LogP contribution >= 0.6 is 0 Å². The van der Waals surface area contributed by atoms with Crippen LogP contribution < -0.4 is 0 Å². The summed E-state index contributed by atoms with van der Waals surface area (Å²) in [6.07, 6.45) is 7.07. The second-order valence-corrected chi connectivity index (χ2v) is 4.69. The molecule has 3 heteroatoms. The van der Waals surface area contributed by atoms with E-state index in [0.717, 1.165) is 5.92 Å². The van der Waals surface area contributed by atoms with E-state index in [1.54, 1.807) is 33.6 Å². The molecule has 0 saturated carbocycles. The third-order valence-corrected chi connectivity index (χ3v) is 2.95. The Labute approximate surface area is 87.7 Å². The predicted molar refractivity (Wildman–Crippen MR) is 45.2 cm³/mol. The topological polar surface area (TPSA) is 0 Å². The van der Waals surface area contributed by atoms with E-state index in [0.29, 0.717) is 0 Å². The van der Waals surface area contributed by atoms with Crippen LogP contribution in [0, 0.1) is 5.92 Å². The fraction of sp³-hybridized carbons (Fsp3) is 0.556. The van der Waals surface area contributed by atoms with Crippen molar-refractivity contribution in [1.29, 1.82) is 0 Å². The van der Waals surface area contributed by atoms with Crippen molar-refractivity contribution in [2.24, 2.45) is 5.92 Å². The number of hydrogen-bond donors (Lipinski definition) is 0. The van der Waals surface area contributed by atoms with Crippen molar-refractivity contribution in [3.8, 4) is 0 Å². The van der Waals surface area contributed by atoms with Gasteiger partial charge in [0.2, 0.25) is 0 Å². The Kier molecular flexibility index (Phi) is 8.24. The van der Waals surface area contributed by atoms with Crippen LogP contribution in [0.5, 0.6) is 0 Å². The first kappa shape index (κ1) is 14.7. The molecule has 0 atom stereocenters. The van der Waals surface area contributed by atoms with Gasteiger partial charge in [-0.2, -0.15) is 0 Å². The summed E-state index contributed by atoms with van der Waals surface area (Å²) in [4.78, 5) is 0. The molecule has 0 heterocycles. The summed E-state index contributed by atoms with van der Waals surface area (Å²) in [6.45, 7) is 4.56. The van der Waals surface area contributed by atoms with Crippen molar-refractivity contribution in [1.82, 2.24) is 0 Å². The molecule has 1 rings (SSSR count). The Morgan fingerprint density at radius 3 is 2.33 bits per heavy atom. The first-order chi connectivity index (χ1) is 4.70. The van der Waals surface area contributed by atoms with Gasteiger partial charge in [0.15, 0.2) is 0 Å². The molecule has 0 aromatic carbocycles. The number of halogens is 2. The molecular weight excluding hydrogens is 237 g/mol. The number of rotatable bonds is 2. The summed E-state index contributed by atoms with van der Waals surface area (Å²) >= 11 is 1.60. The third-order valence-electron chi connectivity index (χ3n) is 1.66. The van der Waals surface area contributed by atoms with Crippen molar-refractivity contribution in [2.45, 2.75) is 26.7 Å². The second-order valence-electron chi connectivity index (χ2n) is 3.21. The predicted octanol–water partition coefficient (Wildman–Crippen LogP) is 3.10. The molecule has 0 nitrogen and oxygen atoms in total. The van der Waals surface area contributed by atoms with Crippen LogP contribution in [0.1, 0.15) is 26.7 Å². The molecule has 69 valence electrons. The fourth-order valence-electron chi connectivity index (χ4n) is 1.18. The molecule has 12 heavy (non-hydrogen) atoms. The largest absolute Gasteiger partial charge is 0.269 e. The normalized spacial score (nSPS) is 14.5. The second kappa shape index (κ2) is 6.71. The third kappa shape index (κ3) is 4.30. The molecule has 0 radical (unpaired) electrons. The van der Waals surface area contributed by atoms with E-state index in [9.17, 15) is 0 Å². The molecule has 0 fully saturated rings. The van der Waals surface area contributed by atoms with Gasteiger partial charge in [-0.05, 0) is 0 Å². The van der Waals surface area contributed by atoms with Crippen molar-refractivity contribution in [3.63, 3.8) is 0 Å². The van der Waals surface area contributed by atoms with E-state index >= 15 is 0 Å². The van der Waals surface area contributed by atoms with Crippen molar-refractivity contribution < 1.29 is 34.1 Å². The molecule has 0 aromatic heterocycles. The van der Waals surface area contributed by atoms with Crippen molar-refractivity contribution >= 4 is 0 Å². The van der Waals surface area contributed by atoms with E-state index in [4.69, 9.17) is 0 Å². The maximum atomic E-state index is 2.30. The summed E-state index contributed by atoms with van der Waals surface area (Å²) in [7, 11) is 0. The zero-order chi connectivity index (χ0) is 7.56. The van der Waals surface area contributed by atoms with Crippen LogP contribution in [-0.4, -0.2) is 0 Å². The smallest absolute Gasteiger partial charge is 0.269 e. The Morgan fingerprint density at radius 1 is 1.42 bits per heavy atom. The SMILES string of the molecule is CC(C)CC1=[C]([Zr])CC=C1.F.F. The first-order valence-electron chi connectivity index (χ1n) is 3.80. The zero-order valence-electron chi connectivity index (χ0n) is 7.46. The fourth-order valence-corrected chi connectivity index (χ4v) is 1.93. The first-order valence-corrected chi connectivity index (χ1v) is 5.03. The average Bonchev–Trinajstić information content (AvgIpc) is 2.15. The van der Waals surface area contributed by atoms with Crippen LogP contribution in [0.3, 0.4) is 0 Å². The monoisotopic (exact) mass is 251 g/mol. The Hall–Kier alpha value is 0.223. The van der Waals surface area contributed by atoms with Gasteiger partial charge in [-0.15, -0.1) is 0 Å². The molecule has 0 saturated heterocycles. The number of allylic oxidation sites excluding steroid dienone is 4. The number of hydrogen-bond acceptors (Lipinski definition) is 0. The molecule has 0 N–H and O–H groups in total. The Bertz CT molecular complexity index is 183. The summed E-state index contributed by atoms with van der Waals surface area (Å²) in [5.41, 5.74) is 1.60. The van der Waals surface area contributed by atoms with Crippen LogP contribution in [-0.2, 0) is 24.7 Å². The summed E-state index contributed by atoms with van der Waals surface area (Å²) in [5.74, 6) is 0.813. The molecule has 1 aliphatic rings. The van der Waals surface area contributed by atoms with Crippen LogP contribution in [0.2, 0.25) is 0 Å². The molecule has 0 aromatic rings. The van der Waals surface area contributed by atoms with Gasteiger partial charge in [-0.3, -0.25) is 9.41 Å². The van der Waals surface area contributed by atoms with Gasteiger partial charge in [-0.25, -0.2) is 0 Å². The Morgan fingerprint density at radius 2 is 2.00 bits per heavy atom. The molecule has 0 spiro atoms. The minimum atomic E-state index is 0. The Balaban J connectivity index is 0. The van der Waals surface area contributed by atoms with Crippen LogP contribution in [0.15, 0.2) is 21.0 Å². The van der Waals surface area contributed by atoms with Gasteiger partial charge in [0.05, 0.1) is 0 Å². The van der Waals surface area contributed by atoms with Gasteiger partial charge >= 0.3 is 78.3 Å². The van der Waals surface area contributed by atoms with Gasteiger partial charge < -0.3 is 0 Å². The van der Waals surface area contributed by atoms with Crippen molar-refractivity contribution in [2.75, 3.05) is 0 Å². The summed E-state index contributed by atoms with van der Waals surface area (Å²) in [6, 6.07) is 0. The molecular formula is C9H15F2Zr. The minimum absolute atomic E-state index is 0. The maximum Gasteiger partial charge on any atom is -0.269 e. The average molecular weight is 252 g/mol. The standard InChI is InChI=1S/C9H13.2FH.Zr/c1-8(2)7-9-5-3-4-6-9;;;/h3,5,8H,4,7H2,1-2H3;2*1H;. The molecule has 0 amide bonds. The maximum absolute atomic E-state index is 2.30. The summed E-state index contributed by atoms with van der Waals surface area (Å²) in [5, 5.41) is 0. The molecule has 1 aliphatic carbocycles. The van der Waals surface area contributed by atoms with Crippen LogP contribution in [0.25, 0.3) is 0 Å². The zero-order valence-corrected chi connectivity index (χ0v) is 9.92. The van der Waals surface area contributed by atoms with E-state index in [1.165, 1.54) is 12.8 Å². The minimum Gasteiger partial charge on any atom is -0.269 e. The van der Waals surface area contributed by atoms with Gasteiger partial charge in [0, 0.05) is 0 Å². The van der Waals surface area contributed by atoms with Gasteiger partial charge in [-0.1, -0.05) is 0 Å². The van der Waals surface area contributed by atoms with E-state index in [1.807, 2.05) is 0 Å². The molecule has 0 aliphatic heterocycles. The van der Waals surface area contributed by atoms with E-state index in [-0.39, 0.29) is 9.41 Å². The molecule has 0 bridgehead atoms. The van der Waals surface area contributed by atoms with Gasteiger partial charge in [0.25, 0.3) is 0 Å². The summed E-state index contributed by atoms with van der Waals surface area (Å²) < 4.78 is 1.65. The quantitative estimate of drug-likeness (QED) is 0.708. The van der Waals surface area contributed by atoms with Crippen LogP contribution in [0.4, 0.5) is 9.41 Å². The van der Waals surface area contributed by atoms with E-state index < -0.39 is 0 Å². The van der Waals surface area contributed by atoms with Gasteiger partial charge in [0.1, 0.15) is 0 Å². The van der Waals surface area contributed by atoms with E-state index in [2.05, 4.69) is 26.0 Å². The van der Waals surface area contributed by atoms with Crippen molar-refractivity contribution in [3.05, 3.63) is 21.0 Å².